The van der Waals surface area contributed by atoms with Crippen molar-refractivity contribution in [1.29, 1.82) is 0 Å². The molecule has 88 heavy (non-hydrogen) atoms. The van der Waals surface area contributed by atoms with Crippen LogP contribution in [0.4, 0.5) is 0 Å². The van der Waals surface area contributed by atoms with Crippen LogP contribution in [0.25, 0.3) is 0 Å². The van der Waals surface area contributed by atoms with Crippen molar-refractivity contribution in [2.45, 2.75) is 270 Å². The zero-order valence-corrected chi connectivity index (χ0v) is 55.3. The third-order valence-corrected chi connectivity index (χ3v) is 16.5. The van der Waals surface area contributed by atoms with Gasteiger partial charge in [0.05, 0.1) is 0 Å². The van der Waals surface area contributed by atoms with Crippen molar-refractivity contribution < 1.29 is 33.6 Å². The quantitative estimate of drug-likeness (QED) is 0.0231. The van der Waals surface area contributed by atoms with Gasteiger partial charge in [-0.2, -0.15) is 0 Å². The molecule has 0 saturated carbocycles. The number of carbonyl (C=O) groups is 7. The highest BCUT2D eigenvalue weighted by atomic mass is 16.2. The molecule has 10 N–H and O–H groups in total. The summed E-state index contributed by atoms with van der Waals surface area (Å²) in [6, 6.07) is 13.7. The fourth-order valence-corrected chi connectivity index (χ4v) is 10.8. The van der Waals surface area contributed by atoms with E-state index in [2.05, 4.69) is 64.5 Å². The lowest BCUT2D eigenvalue weighted by Gasteiger charge is -2.35. The van der Waals surface area contributed by atoms with Crippen LogP contribution in [0.5, 0.6) is 0 Å². The summed E-state index contributed by atoms with van der Waals surface area (Å²) in [4.78, 5) is 95.3. The van der Waals surface area contributed by atoms with Gasteiger partial charge >= 0.3 is 0 Å². The van der Waals surface area contributed by atoms with E-state index in [1.165, 1.54) is 140 Å². The Labute approximate surface area is 532 Å². The number of carbonyl (C=O) groups excluding carboxylic acids is 7. The topological polar surface area (TPSA) is 247 Å². The van der Waals surface area contributed by atoms with E-state index in [9.17, 15) is 33.6 Å². The molecule has 0 aliphatic rings. The van der Waals surface area contributed by atoms with Gasteiger partial charge < -0.3 is 48.3 Å². The maximum Gasteiger partial charge on any atom is 0.253 e. The molecule has 0 aliphatic heterocycles. The first-order valence-electron chi connectivity index (χ1n) is 35.0. The smallest absolute Gasteiger partial charge is 0.253 e. The van der Waals surface area contributed by atoms with E-state index >= 15 is 0 Å². The number of unbranched alkanes of at least 4 members (excludes halogenated alkanes) is 27. The molecule has 0 saturated heterocycles. The maximum absolute atomic E-state index is 14.5. The Kier molecular flexibility index (Phi) is 47.2. The molecule has 496 valence electrons. The van der Waals surface area contributed by atoms with Crippen molar-refractivity contribution in [2.75, 3.05) is 58.9 Å². The summed E-state index contributed by atoms with van der Waals surface area (Å²) in [7, 11) is 0. The number of hydrogen-bond donors (Lipinski definition) is 8. The zero-order valence-electron chi connectivity index (χ0n) is 55.3. The highest BCUT2D eigenvalue weighted by Crippen LogP contribution is 2.27. The number of nitrogens with zero attached hydrogens (tertiary/aromatic N) is 1. The van der Waals surface area contributed by atoms with Gasteiger partial charge in [-0.1, -0.05) is 206 Å². The van der Waals surface area contributed by atoms with Crippen molar-refractivity contribution in [3.63, 3.8) is 0 Å². The van der Waals surface area contributed by atoms with Gasteiger partial charge in [0.15, 0.2) is 0 Å². The number of nitrogens with two attached hydrogens (primary N) is 2. The summed E-state index contributed by atoms with van der Waals surface area (Å²) < 4.78 is 0. The number of amides is 7. The average Bonchev–Trinajstić information content (AvgIpc) is 3.57. The zero-order chi connectivity index (χ0) is 64.0. The summed E-state index contributed by atoms with van der Waals surface area (Å²) in [6.07, 6.45) is 37.3. The lowest BCUT2D eigenvalue weighted by atomic mass is 9.82. The van der Waals surface area contributed by atoms with Crippen LogP contribution in [0.3, 0.4) is 0 Å². The van der Waals surface area contributed by atoms with E-state index in [1.807, 2.05) is 0 Å². The van der Waals surface area contributed by atoms with E-state index in [0.29, 0.717) is 68.1 Å². The van der Waals surface area contributed by atoms with Gasteiger partial charge in [-0.25, -0.2) is 0 Å². The minimum absolute atomic E-state index is 0.0514. The van der Waals surface area contributed by atoms with Crippen molar-refractivity contribution in [1.82, 2.24) is 36.8 Å². The van der Waals surface area contributed by atoms with Gasteiger partial charge in [0, 0.05) is 119 Å². The highest BCUT2D eigenvalue weighted by molar-refractivity contribution is 5.96. The van der Waals surface area contributed by atoms with Gasteiger partial charge in [-0.3, -0.25) is 33.6 Å². The molecule has 0 fully saturated rings. The summed E-state index contributed by atoms with van der Waals surface area (Å²) in [5, 5.41) is 18.1. The predicted octanol–water partition coefficient (Wildman–Crippen LogP) is 12.4. The van der Waals surface area contributed by atoms with Gasteiger partial charge in [0.2, 0.25) is 29.5 Å². The number of nitrogens with one attached hydrogen (secondary N) is 6. The molecule has 16 heteroatoms. The predicted molar refractivity (Wildman–Crippen MR) is 361 cm³/mol. The van der Waals surface area contributed by atoms with Crippen LogP contribution in [0.1, 0.15) is 297 Å². The third-order valence-electron chi connectivity index (χ3n) is 16.5. The second kappa shape index (κ2) is 53.1. The van der Waals surface area contributed by atoms with Crippen LogP contribution in [0.2, 0.25) is 0 Å². The molecule has 0 bridgehead atoms. The molecule has 0 unspecified atom stereocenters. The van der Waals surface area contributed by atoms with Crippen molar-refractivity contribution in [3.05, 3.63) is 70.8 Å². The Hall–Kier alpha value is -5.79. The van der Waals surface area contributed by atoms with E-state index < -0.39 is 5.54 Å². The molecule has 2 aromatic rings. The Balaban J connectivity index is 2.28. The first-order valence-corrected chi connectivity index (χ1v) is 35.0. The van der Waals surface area contributed by atoms with Crippen LogP contribution >= 0.6 is 0 Å². The lowest BCUT2D eigenvalue weighted by Crippen LogP contribution is -2.50. The maximum atomic E-state index is 14.5. The molecule has 2 aromatic carbocycles. The summed E-state index contributed by atoms with van der Waals surface area (Å²) in [6.45, 7) is 9.90. The first-order chi connectivity index (χ1) is 42.9. The molecule has 0 spiro atoms. The number of hydrogen-bond acceptors (Lipinski definition) is 9. The van der Waals surface area contributed by atoms with Crippen molar-refractivity contribution >= 4 is 41.4 Å². The first kappa shape index (κ1) is 78.3. The summed E-state index contributed by atoms with van der Waals surface area (Å²) in [5.41, 5.74) is 12.1. The summed E-state index contributed by atoms with van der Waals surface area (Å²) >= 11 is 0. The normalized spacial score (nSPS) is 11.1. The minimum Gasteiger partial charge on any atom is -0.356 e. The van der Waals surface area contributed by atoms with E-state index in [-0.39, 0.29) is 106 Å². The lowest BCUT2D eigenvalue weighted by molar-refractivity contribution is -0.123. The minimum atomic E-state index is -1.05. The molecular weight excluding hydrogens is 1100 g/mol. The monoisotopic (exact) mass is 1220 g/mol. The van der Waals surface area contributed by atoms with Gasteiger partial charge in [-0.05, 0) is 87.1 Å². The molecular formula is C72H121N9O7. The van der Waals surface area contributed by atoms with Gasteiger partial charge in [0.1, 0.15) is 0 Å². The van der Waals surface area contributed by atoms with Crippen LogP contribution < -0.4 is 43.4 Å². The Bertz CT molecular complexity index is 2120. The summed E-state index contributed by atoms with van der Waals surface area (Å²) in [5.74, 6) is 4.76. The number of benzene rings is 2. The van der Waals surface area contributed by atoms with E-state index in [1.54, 1.807) is 48.5 Å². The fraction of sp³-hybridized carbons (Fsp3) is 0.708. The standard InChI is InChI=1S/C72H121N9O7/c1-4-7-10-13-16-19-22-25-28-31-54-75-65(82)44-49-72(50-45-66(83)76-55-32-29-26-23-20-17-14-11-8-5-2,51-46-67(84)77-56-33-30-27-24-21-18-15-12-9-6-3)80-70(87)63-40-36-61(37-41-63)34-35-62-38-42-64(43-39-62)71(88)81(59-47-68(85)78-57-52-73)60-48-69(86)79-58-53-74/h36-43H,4-33,44-60,73-74H2,1-3H3,(H,75,82)(H,76,83)(H,77,84)(H,78,85)(H,79,86)(H,80,87). The Morgan fingerprint density at radius 2 is 0.636 bits per heavy atom. The Morgan fingerprint density at radius 1 is 0.364 bits per heavy atom. The molecule has 0 aliphatic carbocycles. The third kappa shape index (κ3) is 40.7. The molecule has 0 heterocycles. The molecule has 2 rings (SSSR count). The van der Waals surface area contributed by atoms with Gasteiger partial charge in [-0.15, -0.1) is 0 Å². The van der Waals surface area contributed by atoms with Gasteiger partial charge in [0.25, 0.3) is 11.8 Å². The van der Waals surface area contributed by atoms with Crippen LogP contribution in [0.15, 0.2) is 48.5 Å². The van der Waals surface area contributed by atoms with E-state index in [0.717, 1.165) is 57.8 Å². The number of rotatable bonds is 55. The largest absolute Gasteiger partial charge is 0.356 e. The molecule has 0 atom stereocenters. The molecule has 0 aromatic heterocycles. The SMILES string of the molecule is CCCCCCCCCCCCNC(=O)CCC(CCC(=O)NCCCCCCCCCCCC)(CCC(=O)NCCCCCCCCCCCC)NC(=O)c1ccc(C#Cc2ccc(C(=O)N(CCC(=O)NCCN)CCC(=O)NCCN)cc2)cc1. The fourth-order valence-electron chi connectivity index (χ4n) is 10.8. The van der Waals surface area contributed by atoms with Crippen LogP contribution in [-0.2, 0) is 24.0 Å². The molecule has 16 nitrogen and oxygen atoms in total. The highest BCUT2D eigenvalue weighted by Gasteiger charge is 2.34. The van der Waals surface area contributed by atoms with Crippen molar-refractivity contribution in [2.24, 2.45) is 11.5 Å². The second-order valence-corrected chi connectivity index (χ2v) is 24.3. The van der Waals surface area contributed by atoms with Crippen LogP contribution in [0, 0.1) is 11.8 Å². The molecule has 0 radical (unpaired) electrons. The molecule has 7 amide bonds. The average molecular weight is 1220 g/mol. The van der Waals surface area contributed by atoms with E-state index in [4.69, 9.17) is 11.5 Å². The Morgan fingerprint density at radius 3 is 0.943 bits per heavy atom. The van der Waals surface area contributed by atoms with Crippen LogP contribution in [-0.4, -0.2) is 111 Å². The second-order valence-electron chi connectivity index (χ2n) is 24.3. The van der Waals surface area contributed by atoms with Crippen molar-refractivity contribution in [3.8, 4) is 11.8 Å².